The van der Waals surface area contributed by atoms with Gasteiger partial charge in [0.1, 0.15) is 0 Å². The summed E-state index contributed by atoms with van der Waals surface area (Å²) in [5.41, 5.74) is 2.03. The maximum atomic E-state index is 5.40. The van der Waals surface area contributed by atoms with Gasteiger partial charge in [0.25, 0.3) is 0 Å². The van der Waals surface area contributed by atoms with E-state index < -0.39 is 0 Å². The molecule has 0 spiro atoms. The second-order valence-electron chi connectivity index (χ2n) is 5.78. The van der Waals surface area contributed by atoms with Gasteiger partial charge >= 0.3 is 0 Å². The summed E-state index contributed by atoms with van der Waals surface area (Å²) in [6.07, 6.45) is 5.02. The van der Waals surface area contributed by atoms with Crippen molar-refractivity contribution in [2.45, 2.75) is 33.6 Å². The Kier molecular flexibility index (Phi) is 3.06. The first kappa shape index (κ1) is 11.0. The van der Waals surface area contributed by atoms with Crippen LogP contribution in [-0.2, 0) is 4.74 Å². The molecule has 0 N–H and O–H groups in total. The average molecular weight is 209 g/mol. The fourth-order valence-corrected chi connectivity index (χ4v) is 2.95. The third kappa shape index (κ3) is 2.75. The van der Waals surface area contributed by atoms with Crippen molar-refractivity contribution < 1.29 is 4.74 Å². The maximum Gasteiger partial charge on any atom is 0.0642 e. The van der Waals surface area contributed by atoms with E-state index in [1.807, 2.05) is 0 Å². The predicted molar refractivity (Wildman–Crippen MR) is 62.7 cm³/mol. The van der Waals surface area contributed by atoms with E-state index in [4.69, 9.17) is 4.74 Å². The molecule has 1 heterocycles. The van der Waals surface area contributed by atoms with Crippen molar-refractivity contribution in [1.29, 1.82) is 0 Å². The van der Waals surface area contributed by atoms with Crippen molar-refractivity contribution in [3.63, 3.8) is 0 Å². The lowest BCUT2D eigenvalue weighted by Gasteiger charge is -2.40. The summed E-state index contributed by atoms with van der Waals surface area (Å²) in [7, 11) is 0. The lowest BCUT2D eigenvalue weighted by Crippen LogP contribution is -2.38. The largest absolute Gasteiger partial charge is 0.378 e. The molecule has 86 valence electrons. The van der Waals surface area contributed by atoms with Crippen molar-refractivity contribution in [3.8, 4) is 0 Å². The van der Waals surface area contributed by atoms with E-state index in [0.29, 0.717) is 5.41 Å². The van der Waals surface area contributed by atoms with Crippen LogP contribution in [0.15, 0.2) is 11.8 Å². The zero-order valence-electron chi connectivity index (χ0n) is 10.3. The van der Waals surface area contributed by atoms with Crippen LogP contribution in [0, 0.1) is 11.3 Å². The van der Waals surface area contributed by atoms with E-state index >= 15 is 0 Å². The quantitative estimate of drug-likeness (QED) is 0.658. The zero-order valence-corrected chi connectivity index (χ0v) is 10.3. The second-order valence-corrected chi connectivity index (χ2v) is 5.78. The fourth-order valence-electron chi connectivity index (χ4n) is 2.95. The standard InChI is InChI=1S/C13H23NO/c1-11-8-12(10-13(2,3)9-11)14-4-6-15-7-5-14/h8,11H,4-7,9-10H2,1-3H3/t11-/m0/s1. The normalized spacial score (nSPS) is 31.3. The minimum absolute atomic E-state index is 0.474. The topological polar surface area (TPSA) is 12.5 Å². The van der Waals surface area contributed by atoms with Crippen LogP contribution in [0.2, 0.25) is 0 Å². The molecule has 0 bridgehead atoms. The summed E-state index contributed by atoms with van der Waals surface area (Å²) in [6.45, 7) is 11.1. The molecule has 0 unspecified atom stereocenters. The van der Waals surface area contributed by atoms with E-state index in [-0.39, 0.29) is 0 Å². The molecule has 15 heavy (non-hydrogen) atoms. The van der Waals surface area contributed by atoms with Crippen LogP contribution >= 0.6 is 0 Å². The molecule has 1 saturated heterocycles. The first-order chi connectivity index (χ1) is 7.07. The molecule has 0 radical (unpaired) electrons. The third-order valence-corrected chi connectivity index (χ3v) is 3.43. The molecule has 0 aromatic heterocycles. The van der Waals surface area contributed by atoms with Crippen LogP contribution in [-0.4, -0.2) is 31.2 Å². The number of nitrogens with zero attached hydrogens (tertiary/aromatic N) is 1. The molecule has 1 aliphatic carbocycles. The maximum absolute atomic E-state index is 5.40. The Morgan fingerprint density at radius 1 is 1.33 bits per heavy atom. The van der Waals surface area contributed by atoms with Crippen LogP contribution < -0.4 is 0 Å². The minimum atomic E-state index is 0.474. The number of ether oxygens (including phenoxy) is 1. The molecule has 2 aliphatic rings. The van der Waals surface area contributed by atoms with Crippen molar-refractivity contribution in [2.75, 3.05) is 26.3 Å². The number of morpholine rings is 1. The van der Waals surface area contributed by atoms with Crippen LogP contribution in [0.5, 0.6) is 0 Å². The monoisotopic (exact) mass is 209 g/mol. The van der Waals surface area contributed by atoms with Gasteiger partial charge in [0.05, 0.1) is 13.2 Å². The van der Waals surface area contributed by atoms with Gasteiger partial charge in [-0.15, -0.1) is 0 Å². The van der Waals surface area contributed by atoms with Crippen LogP contribution in [0.1, 0.15) is 33.6 Å². The Labute approximate surface area is 93.3 Å². The molecule has 0 amide bonds. The van der Waals surface area contributed by atoms with Crippen LogP contribution in [0.4, 0.5) is 0 Å². The number of hydrogen-bond acceptors (Lipinski definition) is 2. The highest BCUT2D eigenvalue weighted by Gasteiger charge is 2.29. The smallest absolute Gasteiger partial charge is 0.0642 e. The molecule has 1 fully saturated rings. The second kappa shape index (κ2) is 4.17. The molecule has 2 rings (SSSR count). The lowest BCUT2D eigenvalue weighted by atomic mass is 9.75. The molecule has 2 nitrogen and oxygen atoms in total. The summed E-state index contributed by atoms with van der Waals surface area (Å²) >= 11 is 0. The summed E-state index contributed by atoms with van der Waals surface area (Å²) in [5, 5.41) is 0. The van der Waals surface area contributed by atoms with Gasteiger partial charge in [-0.2, -0.15) is 0 Å². The van der Waals surface area contributed by atoms with Crippen molar-refractivity contribution in [2.24, 2.45) is 11.3 Å². The summed E-state index contributed by atoms with van der Waals surface area (Å²) in [5.74, 6) is 0.728. The van der Waals surface area contributed by atoms with Crippen molar-refractivity contribution >= 4 is 0 Å². The molecular weight excluding hydrogens is 186 g/mol. The number of allylic oxidation sites excluding steroid dienone is 2. The van der Waals surface area contributed by atoms with Crippen LogP contribution in [0.3, 0.4) is 0 Å². The van der Waals surface area contributed by atoms with Crippen LogP contribution in [0.25, 0.3) is 0 Å². The van der Waals surface area contributed by atoms with E-state index in [2.05, 4.69) is 31.7 Å². The predicted octanol–water partition coefficient (Wildman–Crippen LogP) is 2.66. The Bertz CT molecular complexity index is 251. The Morgan fingerprint density at radius 3 is 2.60 bits per heavy atom. The highest BCUT2D eigenvalue weighted by Crippen LogP contribution is 2.39. The molecule has 1 aliphatic heterocycles. The van der Waals surface area contributed by atoms with Gasteiger partial charge < -0.3 is 9.64 Å². The van der Waals surface area contributed by atoms with E-state index in [9.17, 15) is 0 Å². The SMILES string of the molecule is C[C@H]1C=C(N2CCOCC2)CC(C)(C)C1. The van der Waals surface area contributed by atoms with E-state index in [0.717, 1.165) is 32.2 Å². The first-order valence-corrected chi connectivity index (χ1v) is 6.10. The summed E-state index contributed by atoms with van der Waals surface area (Å²) in [6, 6.07) is 0. The molecule has 1 atom stereocenters. The molecule has 0 aromatic rings. The van der Waals surface area contributed by atoms with E-state index in [1.165, 1.54) is 12.8 Å². The molecule has 2 heteroatoms. The Balaban J connectivity index is 2.07. The van der Waals surface area contributed by atoms with Gasteiger partial charge in [-0.25, -0.2) is 0 Å². The third-order valence-electron chi connectivity index (χ3n) is 3.43. The summed E-state index contributed by atoms with van der Waals surface area (Å²) < 4.78 is 5.40. The lowest BCUT2D eigenvalue weighted by molar-refractivity contribution is 0.0465. The fraction of sp³-hybridized carbons (Fsp3) is 0.846. The van der Waals surface area contributed by atoms with E-state index in [1.54, 1.807) is 5.70 Å². The number of hydrogen-bond donors (Lipinski definition) is 0. The Hall–Kier alpha value is -0.500. The number of rotatable bonds is 1. The summed E-state index contributed by atoms with van der Waals surface area (Å²) in [4.78, 5) is 2.51. The molecular formula is C13H23NO. The van der Waals surface area contributed by atoms with Crippen molar-refractivity contribution in [1.82, 2.24) is 4.90 Å². The van der Waals surface area contributed by atoms with Gasteiger partial charge in [0.2, 0.25) is 0 Å². The Morgan fingerprint density at radius 2 is 2.00 bits per heavy atom. The van der Waals surface area contributed by atoms with Gasteiger partial charge in [-0.3, -0.25) is 0 Å². The molecule has 0 saturated carbocycles. The highest BCUT2D eigenvalue weighted by atomic mass is 16.5. The zero-order chi connectivity index (χ0) is 10.9. The van der Waals surface area contributed by atoms with Gasteiger partial charge in [-0.1, -0.05) is 26.8 Å². The first-order valence-electron chi connectivity index (χ1n) is 6.10. The van der Waals surface area contributed by atoms with Crippen molar-refractivity contribution in [3.05, 3.63) is 11.8 Å². The average Bonchev–Trinajstić information content (AvgIpc) is 2.16. The molecule has 0 aromatic carbocycles. The minimum Gasteiger partial charge on any atom is -0.378 e. The van der Waals surface area contributed by atoms with Gasteiger partial charge in [0, 0.05) is 18.8 Å². The van der Waals surface area contributed by atoms with Gasteiger partial charge in [0.15, 0.2) is 0 Å². The van der Waals surface area contributed by atoms with Gasteiger partial charge in [-0.05, 0) is 24.2 Å². The highest BCUT2D eigenvalue weighted by molar-refractivity contribution is 5.11.